The second kappa shape index (κ2) is 7.12. The molecule has 3 heterocycles. The van der Waals surface area contributed by atoms with Gasteiger partial charge in [-0.3, -0.25) is 14.9 Å². The molecule has 148 valence electrons. The molecule has 5 rings (SSSR count). The van der Waals surface area contributed by atoms with E-state index in [0.29, 0.717) is 33.7 Å². The zero-order chi connectivity index (χ0) is 20.0. The Morgan fingerprint density at radius 3 is 2.83 bits per heavy atom. The van der Waals surface area contributed by atoms with Crippen molar-refractivity contribution in [1.82, 2.24) is 9.97 Å². The van der Waals surface area contributed by atoms with E-state index in [-0.39, 0.29) is 24.5 Å². The summed E-state index contributed by atoms with van der Waals surface area (Å²) in [5.74, 6) is 0.446. The predicted molar refractivity (Wildman–Crippen MR) is 109 cm³/mol. The van der Waals surface area contributed by atoms with Gasteiger partial charge in [-0.25, -0.2) is 9.97 Å². The van der Waals surface area contributed by atoms with Gasteiger partial charge in [0, 0.05) is 15.8 Å². The van der Waals surface area contributed by atoms with Crippen molar-refractivity contribution in [3.8, 4) is 11.5 Å². The number of carbonyl (C=O) groups is 2. The average Bonchev–Trinajstić information content (AvgIpc) is 3.45. The van der Waals surface area contributed by atoms with Crippen molar-refractivity contribution >= 4 is 44.8 Å². The van der Waals surface area contributed by atoms with Gasteiger partial charge in [0.05, 0.1) is 17.3 Å². The molecule has 2 amide bonds. The summed E-state index contributed by atoms with van der Waals surface area (Å²) in [7, 11) is 0. The molecule has 2 N–H and O–H groups in total. The van der Waals surface area contributed by atoms with Gasteiger partial charge >= 0.3 is 0 Å². The van der Waals surface area contributed by atoms with E-state index in [9.17, 15) is 9.59 Å². The number of aryl methyl sites for hydroxylation is 2. The molecule has 10 heteroatoms. The molecule has 1 unspecified atom stereocenters. The van der Waals surface area contributed by atoms with Gasteiger partial charge in [0.1, 0.15) is 0 Å². The Balaban J connectivity index is 1.29. The molecular weight excluding hydrogens is 412 g/mol. The summed E-state index contributed by atoms with van der Waals surface area (Å²) in [4.78, 5) is 35.1. The van der Waals surface area contributed by atoms with Crippen molar-refractivity contribution < 1.29 is 19.1 Å². The van der Waals surface area contributed by atoms with Crippen LogP contribution in [0.15, 0.2) is 23.6 Å². The standard InChI is InChI=1S/C19H16N4O4S2/c1-9-7-28-18(20-9)23-17(25)11-3-5-14-15(11)21-19(29-14)22-16(24)10-2-4-12-13(6-10)27-8-26-12/h2,4,6-7,11H,3,5,8H2,1H3,(H,20,23,25)(H,21,22,24). The number of thiazole rings is 2. The number of hydrogen-bond donors (Lipinski definition) is 2. The normalized spacial score (nSPS) is 16.5. The molecule has 0 fully saturated rings. The van der Waals surface area contributed by atoms with Crippen molar-refractivity contribution in [2.24, 2.45) is 0 Å². The number of amides is 2. The molecule has 2 aromatic heterocycles. The van der Waals surface area contributed by atoms with E-state index in [2.05, 4.69) is 20.6 Å². The number of fused-ring (bicyclic) bond motifs is 2. The Bertz CT molecular complexity index is 1120. The summed E-state index contributed by atoms with van der Waals surface area (Å²) in [5.41, 5.74) is 2.07. The van der Waals surface area contributed by atoms with Crippen LogP contribution in [-0.4, -0.2) is 28.6 Å². The van der Waals surface area contributed by atoms with E-state index in [1.165, 1.54) is 22.7 Å². The minimum Gasteiger partial charge on any atom is -0.454 e. The number of nitrogens with zero attached hydrogens (tertiary/aromatic N) is 2. The van der Waals surface area contributed by atoms with Gasteiger partial charge in [0.15, 0.2) is 21.8 Å². The minimum absolute atomic E-state index is 0.114. The lowest BCUT2D eigenvalue weighted by Gasteiger charge is -2.08. The molecule has 29 heavy (non-hydrogen) atoms. The summed E-state index contributed by atoms with van der Waals surface area (Å²) in [6.07, 6.45) is 1.47. The van der Waals surface area contributed by atoms with E-state index in [1.54, 1.807) is 18.2 Å². The van der Waals surface area contributed by atoms with E-state index in [1.807, 2.05) is 12.3 Å². The fraction of sp³-hybridized carbons (Fsp3) is 0.263. The molecule has 1 aliphatic heterocycles. The first-order valence-corrected chi connectivity index (χ1v) is 10.7. The second-order valence-electron chi connectivity index (χ2n) is 6.72. The monoisotopic (exact) mass is 428 g/mol. The van der Waals surface area contributed by atoms with E-state index < -0.39 is 0 Å². The maximum absolute atomic E-state index is 12.7. The van der Waals surface area contributed by atoms with Crippen molar-refractivity contribution in [2.75, 3.05) is 17.4 Å². The highest BCUT2D eigenvalue weighted by Crippen LogP contribution is 2.39. The van der Waals surface area contributed by atoms with Gasteiger partial charge in [0.25, 0.3) is 5.91 Å². The van der Waals surface area contributed by atoms with Crippen molar-refractivity contribution in [2.45, 2.75) is 25.7 Å². The van der Waals surface area contributed by atoms with Crippen LogP contribution in [0, 0.1) is 6.92 Å². The van der Waals surface area contributed by atoms with Crippen LogP contribution in [0.1, 0.15) is 39.0 Å². The van der Waals surface area contributed by atoms with E-state index >= 15 is 0 Å². The minimum atomic E-state index is -0.332. The Kier molecular flexibility index (Phi) is 4.44. The van der Waals surface area contributed by atoms with Gasteiger partial charge in [-0.1, -0.05) is 0 Å². The molecule has 8 nitrogen and oxygen atoms in total. The molecule has 0 radical (unpaired) electrons. The molecule has 0 saturated heterocycles. The summed E-state index contributed by atoms with van der Waals surface area (Å²) < 4.78 is 10.6. The molecule has 0 saturated carbocycles. The topological polar surface area (TPSA) is 102 Å². The Hall–Kier alpha value is -2.98. The SMILES string of the molecule is Cc1csc(NC(=O)C2CCc3sc(NC(=O)c4ccc5c(c4)OCO5)nc32)n1. The van der Waals surface area contributed by atoms with Crippen LogP contribution in [0.5, 0.6) is 11.5 Å². The van der Waals surface area contributed by atoms with Gasteiger partial charge in [-0.2, -0.15) is 0 Å². The third-order valence-electron chi connectivity index (χ3n) is 4.74. The number of aromatic nitrogens is 2. The Morgan fingerprint density at radius 2 is 2.00 bits per heavy atom. The zero-order valence-corrected chi connectivity index (χ0v) is 17.0. The van der Waals surface area contributed by atoms with Crippen LogP contribution < -0.4 is 20.1 Å². The number of ether oxygens (including phenoxy) is 2. The molecule has 0 bridgehead atoms. The number of nitrogens with one attached hydrogen (secondary N) is 2. The highest BCUT2D eigenvalue weighted by atomic mass is 32.1. The first-order chi connectivity index (χ1) is 14.1. The molecule has 1 atom stereocenters. The molecular formula is C19H16N4O4S2. The summed E-state index contributed by atoms with van der Waals surface area (Å²) in [6, 6.07) is 5.03. The quantitative estimate of drug-likeness (QED) is 0.659. The molecule has 3 aromatic rings. The largest absolute Gasteiger partial charge is 0.454 e. The van der Waals surface area contributed by atoms with Crippen LogP contribution in [0.4, 0.5) is 10.3 Å². The van der Waals surface area contributed by atoms with Gasteiger partial charge in [-0.15, -0.1) is 22.7 Å². The number of anilines is 2. The van der Waals surface area contributed by atoms with Gasteiger partial charge in [0.2, 0.25) is 12.7 Å². The van der Waals surface area contributed by atoms with Crippen molar-refractivity contribution in [1.29, 1.82) is 0 Å². The molecule has 1 aliphatic carbocycles. The lowest BCUT2D eigenvalue weighted by atomic mass is 10.1. The summed E-state index contributed by atoms with van der Waals surface area (Å²) >= 11 is 2.81. The molecule has 0 spiro atoms. The maximum atomic E-state index is 12.7. The van der Waals surface area contributed by atoms with E-state index in [0.717, 1.165) is 22.7 Å². The average molecular weight is 428 g/mol. The fourth-order valence-electron chi connectivity index (χ4n) is 3.35. The maximum Gasteiger partial charge on any atom is 0.257 e. The van der Waals surface area contributed by atoms with E-state index in [4.69, 9.17) is 9.47 Å². The highest BCUT2D eigenvalue weighted by Gasteiger charge is 2.33. The Morgan fingerprint density at radius 1 is 1.14 bits per heavy atom. The van der Waals surface area contributed by atoms with Crippen LogP contribution in [0.3, 0.4) is 0 Å². The van der Waals surface area contributed by atoms with Crippen molar-refractivity contribution in [3.63, 3.8) is 0 Å². The number of rotatable bonds is 4. The number of benzene rings is 1. The number of hydrogen-bond acceptors (Lipinski definition) is 8. The predicted octanol–water partition coefficient (Wildman–Crippen LogP) is 3.56. The van der Waals surface area contributed by atoms with Crippen LogP contribution in [-0.2, 0) is 11.2 Å². The molecule has 2 aliphatic rings. The van der Waals surface area contributed by atoms with Crippen LogP contribution >= 0.6 is 22.7 Å². The highest BCUT2D eigenvalue weighted by molar-refractivity contribution is 7.16. The third kappa shape index (κ3) is 3.45. The second-order valence-corrected chi connectivity index (χ2v) is 8.67. The smallest absolute Gasteiger partial charge is 0.257 e. The third-order valence-corrected chi connectivity index (χ3v) is 6.66. The summed E-state index contributed by atoms with van der Waals surface area (Å²) in [5, 5.41) is 8.65. The van der Waals surface area contributed by atoms with Crippen molar-refractivity contribution in [3.05, 3.63) is 45.4 Å². The summed E-state index contributed by atoms with van der Waals surface area (Å²) in [6.45, 7) is 2.04. The lowest BCUT2D eigenvalue weighted by Crippen LogP contribution is -2.20. The first kappa shape index (κ1) is 18.1. The van der Waals surface area contributed by atoms with Crippen LogP contribution in [0.2, 0.25) is 0 Å². The lowest BCUT2D eigenvalue weighted by molar-refractivity contribution is -0.117. The van der Waals surface area contributed by atoms with Crippen LogP contribution in [0.25, 0.3) is 0 Å². The molecule has 1 aromatic carbocycles. The fourth-order valence-corrected chi connectivity index (χ4v) is 5.07. The first-order valence-electron chi connectivity index (χ1n) is 9.00. The Labute approximate surface area is 173 Å². The number of carbonyl (C=O) groups excluding carboxylic acids is 2. The van der Waals surface area contributed by atoms with Gasteiger partial charge in [-0.05, 0) is 38.0 Å². The van der Waals surface area contributed by atoms with Gasteiger partial charge < -0.3 is 14.8 Å². The zero-order valence-electron chi connectivity index (χ0n) is 15.4.